The highest BCUT2D eigenvalue weighted by molar-refractivity contribution is 5.80. The first kappa shape index (κ1) is 12.9. The number of benzene rings is 1. The van der Waals surface area contributed by atoms with Gasteiger partial charge in [0.15, 0.2) is 0 Å². The third-order valence-electron chi connectivity index (χ3n) is 3.39. The lowest BCUT2D eigenvalue weighted by atomic mass is 10.1. The van der Waals surface area contributed by atoms with E-state index in [4.69, 9.17) is 4.74 Å². The van der Waals surface area contributed by atoms with Crippen LogP contribution in [0.1, 0.15) is 30.9 Å². The van der Waals surface area contributed by atoms with Gasteiger partial charge in [-0.1, -0.05) is 19.1 Å². The van der Waals surface area contributed by atoms with E-state index < -0.39 is 0 Å². The van der Waals surface area contributed by atoms with E-state index in [2.05, 4.69) is 24.4 Å². The lowest BCUT2D eigenvalue weighted by molar-refractivity contribution is -0.122. The smallest absolute Gasteiger partial charge is 0.223 e. The van der Waals surface area contributed by atoms with Gasteiger partial charge in [-0.15, -0.1) is 0 Å². The monoisotopic (exact) mass is 247 g/mol. The molecule has 0 atom stereocenters. The number of hydrogen-bond acceptors (Lipinski definition) is 2. The van der Waals surface area contributed by atoms with E-state index in [9.17, 15) is 4.79 Å². The largest absolute Gasteiger partial charge is 0.496 e. The van der Waals surface area contributed by atoms with Crippen LogP contribution in [0.2, 0.25) is 0 Å². The van der Waals surface area contributed by atoms with E-state index in [1.807, 2.05) is 6.07 Å². The predicted octanol–water partition coefficient (Wildman–Crippen LogP) is 2.33. The van der Waals surface area contributed by atoms with Crippen molar-refractivity contribution in [1.29, 1.82) is 0 Å². The molecule has 0 heterocycles. The van der Waals surface area contributed by atoms with Gasteiger partial charge in [-0.2, -0.15) is 0 Å². The number of carbonyl (C=O) groups is 1. The minimum Gasteiger partial charge on any atom is -0.496 e. The summed E-state index contributed by atoms with van der Waals surface area (Å²) < 4.78 is 5.30. The maximum absolute atomic E-state index is 11.5. The van der Waals surface area contributed by atoms with Crippen LogP contribution in [0.25, 0.3) is 0 Å². The molecule has 0 spiro atoms. The summed E-state index contributed by atoms with van der Waals surface area (Å²) in [6, 6.07) is 6.25. The molecule has 0 aromatic heterocycles. The maximum atomic E-state index is 11.5. The standard InChI is InChI=1S/C15H21NO2/c1-3-12-10-11(4-7-14(12)18-2)8-9-16-15(17)13-5-6-13/h4,7,10,13H,3,5-6,8-9H2,1-2H3,(H,16,17). The van der Waals surface area contributed by atoms with Crippen molar-refractivity contribution >= 4 is 5.91 Å². The number of hydrogen-bond donors (Lipinski definition) is 1. The summed E-state index contributed by atoms with van der Waals surface area (Å²) in [7, 11) is 1.70. The van der Waals surface area contributed by atoms with Gasteiger partial charge in [-0.3, -0.25) is 4.79 Å². The molecule has 98 valence electrons. The molecule has 3 heteroatoms. The molecular weight excluding hydrogens is 226 g/mol. The first-order chi connectivity index (χ1) is 8.74. The van der Waals surface area contributed by atoms with Crippen LogP contribution in [0, 0.1) is 5.92 Å². The Morgan fingerprint density at radius 1 is 1.44 bits per heavy atom. The zero-order chi connectivity index (χ0) is 13.0. The number of rotatable bonds is 6. The Labute approximate surface area is 109 Å². The second kappa shape index (κ2) is 5.89. The highest BCUT2D eigenvalue weighted by atomic mass is 16.5. The summed E-state index contributed by atoms with van der Waals surface area (Å²) in [5.74, 6) is 1.47. The molecule has 2 rings (SSSR count). The van der Waals surface area contributed by atoms with Gasteiger partial charge in [0.05, 0.1) is 7.11 Å². The van der Waals surface area contributed by atoms with Crippen LogP contribution in [0.4, 0.5) is 0 Å². The van der Waals surface area contributed by atoms with Crippen LogP contribution < -0.4 is 10.1 Å². The number of methoxy groups -OCH3 is 1. The van der Waals surface area contributed by atoms with E-state index in [-0.39, 0.29) is 5.91 Å². The summed E-state index contributed by atoms with van der Waals surface area (Å²) in [5, 5.41) is 2.99. The Hall–Kier alpha value is -1.51. The van der Waals surface area contributed by atoms with E-state index >= 15 is 0 Å². The van der Waals surface area contributed by atoms with Crippen molar-refractivity contribution in [2.45, 2.75) is 32.6 Å². The summed E-state index contributed by atoms with van der Waals surface area (Å²) >= 11 is 0. The molecule has 1 N–H and O–H groups in total. The Morgan fingerprint density at radius 2 is 2.22 bits per heavy atom. The second-order valence-corrected chi connectivity index (χ2v) is 4.82. The van der Waals surface area contributed by atoms with Gasteiger partial charge in [0, 0.05) is 12.5 Å². The fraction of sp³-hybridized carbons (Fsp3) is 0.533. The Kier molecular flexibility index (Phi) is 4.24. The van der Waals surface area contributed by atoms with Gasteiger partial charge in [-0.05, 0) is 42.9 Å². The van der Waals surface area contributed by atoms with Crippen molar-refractivity contribution < 1.29 is 9.53 Å². The molecule has 0 bridgehead atoms. The molecule has 1 aliphatic carbocycles. The highest BCUT2D eigenvalue weighted by Gasteiger charge is 2.28. The van der Waals surface area contributed by atoms with Crippen LogP contribution in [-0.2, 0) is 17.6 Å². The van der Waals surface area contributed by atoms with Gasteiger partial charge in [-0.25, -0.2) is 0 Å². The second-order valence-electron chi connectivity index (χ2n) is 4.82. The zero-order valence-electron chi connectivity index (χ0n) is 11.2. The van der Waals surface area contributed by atoms with Gasteiger partial charge in [0.1, 0.15) is 5.75 Å². The van der Waals surface area contributed by atoms with Crippen LogP contribution in [0.5, 0.6) is 5.75 Å². The molecule has 0 unspecified atom stereocenters. The number of carbonyl (C=O) groups excluding carboxylic acids is 1. The van der Waals surface area contributed by atoms with Gasteiger partial charge in [0.25, 0.3) is 0 Å². The first-order valence-electron chi connectivity index (χ1n) is 6.68. The van der Waals surface area contributed by atoms with E-state index in [1.54, 1.807) is 7.11 Å². The molecule has 1 fully saturated rings. The SMILES string of the molecule is CCc1cc(CCNC(=O)C2CC2)ccc1OC. The lowest BCUT2D eigenvalue weighted by Crippen LogP contribution is -2.26. The van der Waals surface area contributed by atoms with Crippen molar-refractivity contribution in [2.75, 3.05) is 13.7 Å². The average Bonchev–Trinajstić information content (AvgIpc) is 3.22. The highest BCUT2D eigenvalue weighted by Crippen LogP contribution is 2.28. The Balaban J connectivity index is 1.86. The third-order valence-corrected chi connectivity index (χ3v) is 3.39. The molecule has 18 heavy (non-hydrogen) atoms. The number of aryl methyl sites for hydroxylation is 1. The summed E-state index contributed by atoms with van der Waals surface area (Å²) in [6.07, 6.45) is 3.98. The first-order valence-corrected chi connectivity index (χ1v) is 6.68. The van der Waals surface area contributed by atoms with Crippen LogP contribution >= 0.6 is 0 Å². The molecule has 1 aliphatic rings. The molecule has 3 nitrogen and oxygen atoms in total. The lowest BCUT2D eigenvalue weighted by Gasteiger charge is -2.09. The normalized spacial score (nSPS) is 14.3. The summed E-state index contributed by atoms with van der Waals surface area (Å²) in [6.45, 7) is 2.85. The summed E-state index contributed by atoms with van der Waals surface area (Å²) in [4.78, 5) is 11.5. The van der Waals surface area contributed by atoms with Crippen molar-refractivity contribution in [2.24, 2.45) is 5.92 Å². The van der Waals surface area contributed by atoms with Crippen LogP contribution in [0.3, 0.4) is 0 Å². The molecule has 0 aliphatic heterocycles. The predicted molar refractivity (Wildman–Crippen MR) is 71.8 cm³/mol. The quantitative estimate of drug-likeness (QED) is 0.838. The van der Waals surface area contributed by atoms with Crippen molar-refractivity contribution in [3.05, 3.63) is 29.3 Å². The van der Waals surface area contributed by atoms with Crippen molar-refractivity contribution in [3.63, 3.8) is 0 Å². The van der Waals surface area contributed by atoms with Crippen molar-refractivity contribution in [3.8, 4) is 5.75 Å². The van der Waals surface area contributed by atoms with E-state index in [0.29, 0.717) is 5.92 Å². The van der Waals surface area contributed by atoms with Gasteiger partial charge in [0.2, 0.25) is 5.91 Å². The molecular formula is C15H21NO2. The molecule has 1 aromatic carbocycles. The Morgan fingerprint density at radius 3 is 2.83 bits per heavy atom. The minimum atomic E-state index is 0.222. The molecule has 0 radical (unpaired) electrons. The number of nitrogens with one attached hydrogen (secondary N) is 1. The van der Waals surface area contributed by atoms with Gasteiger partial charge >= 0.3 is 0 Å². The summed E-state index contributed by atoms with van der Waals surface area (Å²) in [5.41, 5.74) is 2.48. The van der Waals surface area contributed by atoms with Crippen molar-refractivity contribution in [1.82, 2.24) is 5.32 Å². The van der Waals surface area contributed by atoms with Crippen LogP contribution in [-0.4, -0.2) is 19.6 Å². The number of amides is 1. The molecule has 0 saturated heterocycles. The number of ether oxygens (including phenoxy) is 1. The zero-order valence-corrected chi connectivity index (χ0v) is 11.2. The maximum Gasteiger partial charge on any atom is 0.223 e. The Bertz CT molecular complexity index is 425. The van der Waals surface area contributed by atoms with E-state index in [0.717, 1.165) is 38.0 Å². The molecule has 1 aromatic rings. The van der Waals surface area contributed by atoms with Crippen LogP contribution in [0.15, 0.2) is 18.2 Å². The van der Waals surface area contributed by atoms with E-state index in [1.165, 1.54) is 11.1 Å². The molecule has 1 amide bonds. The van der Waals surface area contributed by atoms with Gasteiger partial charge < -0.3 is 10.1 Å². The third kappa shape index (κ3) is 3.25. The minimum absolute atomic E-state index is 0.222. The molecule has 1 saturated carbocycles. The fourth-order valence-corrected chi connectivity index (χ4v) is 2.08. The fourth-order valence-electron chi connectivity index (χ4n) is 2.08. The average molecular weight is 247 g/mol. The topological polar surface area (TPSA) is 38.3 Å².